The minimum absolute atomic E-state index is 0.181. The summed E-state index contributed by atoms with van der Waals surface area (Å²) in [4.78, 5) is 0. The lowest BCUT2D eigenvalue weighted by Crippen LogP contribution is -2.36. The van der Waals surface area contributed by atoms with Crippen LogP contribution in [-0.2, 0) is 6.42 Å². The molecule has 1 aromatic rings. The average Bonchev–Trinajstić information content (AvgIpc) is 2.87. The zero-order valence-electron chi connectivity index (χ0n) is 10.9. The van der Waals surface area contributed by atoms with E-state index in [4.69, 9.17) is 0 Å². The fraction of sp³-hybridized carbons (Fsp3) is 0.600. The van der Waals surface area contributed by atoms with Crippen LogP contribution in [0.15, 0.2) is 22.7 Å². The third-order valence-electron chi connectivity index (χ3n) is 3.87. The standard InChI is InChI=1S/C15H21BrFN/c1-2-18-15(12-5-3-4-6-12)10-11-7-8-14(17)13(16)9-11/h7-9,12,15,18H,2-6,10H2,1H3. The van der Waals surface area contributed by atoms with E-state index in [0.717, 1.165) is 18.9 Å². The highest BCUT2D eigenvalue weighted by Gasteiger charge is 2.24. The van der Waals surface area contributed by atoms with E-state index in [2.05, 4.69) is 28.2 Å². The summed E-state index contributed by atoms with van der Waals surface area (Å²) >= 11 is 3.26. The van der Waals surface area contributed by atoms with Crippen molar-refractivity contribution in [1.82, 2.24) is 5.32 Å². The molecule has 18 heavy (non-hydrogen) atoms. The first kappa shape index (κ1) is 14.0. The number of likely N-dealkylation sites (N-methyl/N-ethyl adjacent to an activating group) is 1. The van der Waals surface area contributed by atoms with Crippen molar-refractivity contribution in [2.75, 3.05) is 6.54 Å². The number of hydrogen-bond donors (Lipinski definition) is 1. The highest BCUT2D eigenvalue weighted by Crippen LogP contribution is 2.29. The third kappa shape index (κ3) is 3.55. The largest absolute Gasteiger partial charge is 0.314 e. The number of hydrogen-bond acceptors (Lipinski definition) is 1. The van der Waals surface area contributed by atoms with Gasteiger partial charge in [-0.1, -0.05) is 25.8 Å². The van der Waals surface area contributed by atoms with E-state index in [1.54, 1.807) is 6.07 Å². The van der Waals surface area contributed by atoms with Gasteiger partial charge in [-0.05, 0) is 65.4 Å². The van der Waals surface area contributed by atoms with E-state index in [1.807, 2.05) is 12.1 Å². The second-order valence-electron chi connectivity index (χ2n) is 5.16. The molecule has 1 aliphatic rings. The Kier molecular flexibility index (Phi) is 5.19. The van der Waals surface area contributed by atoms with Crippen LogP contribution in [0.4, 0.5) is 4.39 Å². The van der Waals surface area contributed by atoms with Gasteiger partial charge in [0.1, 0.15) is 5.82 Å². The zero-order chi connectivity index (χ0) is 13.0. The molecule has 0 saturated heterocycles. The fourth-order valence-corrected chi connectivity index (χ4v) is 3.37. The lowest BCUT2D eigenvalue weighted by Gasteiger charge is -2.24. The van der Waals surface area contributed by atoms with Gasteiger partial charge in [0.25, 0.3) is 0 Å². The van der Waals surface area contributed by atoms with E-state index in [9.17, 15) is 4.39 Å². The predicted molar refractivity (Wildman–Crippen MR) is 77.2 cm³/mol. The van der Waals surface area contributed by atoms with Gasteiger partial charge in [0.2, 0.25) is 0 Å². The molecular weight excluding hydrogens is 293 g/mol. The quantitative estimate of drug-likeness (QED) is 0.854. The highest BCUT2D eigenvalue weighted by atomic mass is 79.9. The summed E-state index contributed by atoms with van der Waals surface area (Å²) in [6.45, 7) is 3.16. The van der Waals surface area contributed by atoms with Crippen molar-refractivity contribution < 1.29 is 4.39 Å². The predicted octanol–water partition coefficient (Wildman–Crippen LogP) is 4.30. The van der Waals surface area contributed by atoms with E-state index in [0.29, 0.717) is 10.5 Å². The van der Waals surface area contributed by atoms with E-state index >= 15 is 0 Å². The molecule has 1 unspecified atom stereocenters. The molecule has 1 aromatic carbocycles. The van der Waals surface area contributed by atoms with Crippen molar-refractivity contribution in [3.8, 4) is 0 Å². The molecule has 1 nitrogen and oxygen atoms in total. The van der Waals surface area contributed by atoms with Gasteiger partial charge >= 0.3 is 0 Å². The molecule has 0 radical (unpaired) electrons. The second kappa shape index (κ2) is 6.67. The SMILES string of the molecule is CCNC(Cc1ccc(F)c(Br)c1)C1CCCC1. The molecule has 2 rings (SSSR count). The van der Waals surface area contributed by atoms with Gasteiger partial charge in [-0.15, -0.1) is 0 Å². The first-order valence-electron chi connectivity index (χ1n) is 6.88. The molecule has 3 heteroatoms. The van der Waals surface area contributed by atoms with Crippen molar-refractivity contribution in [2.45, 2.75) is 45.1 Å². The topological polar surface area (TPSA) is 12.0 Å². The number of rotatable bonds is 5. The van der Waals surface area contributed by atoms with Crippen LogP contribution in [0.3, 0.4) is 0 Å². The number of halogens is 2. The Labute approximate surface area is 117 Å². The molecule has 1 N–H and O–H groups in total. The van der Waals surface area contributed by atoms with Gasteiger partial charge < -0.3 is 5.32 Å². The molecule has 0 aliphatic heterocycles. The molecule has 0 bridgehead atoms. The number of benzene rings is 1. The van der Waals surface area contributed by atoms with Gasteiger partial charge in [0, 0.05) is 6.04 Å². The van der Waals surface area contributed by atoms with Gasteiger partial charge in [-0.3, -0.25) is 0 Å². The summed E-state index contributed by atoms with van der Waals surface area (Å²) in [5.74, 6) is 0.605. The highest BCUT2D eigenvalue weighted by molar-refractivity contribution is 9.10. The summed E-state index contributed by atoms with van der Waals surface area (Å²) in [6, 6.07) is 5.90. The molecule has 0 aromatic heterocycles. The summed E-state index contributed by atoms with van der Waals surface area (Å²) in [5.41, 5.74) is 1.21. The molecule has 1 atom stereocenters. The van der Waals surface area contributed by atoms with Crippen molar-refractivity contribution in [1.29, 1.82) is 0 Å². The van der Waals surface area contributed by atoms with Gasteiger partial charge in [0.15, 0.2) is 0 Å². The normalized spacial score (nSPS) is 18.2. The maximum Gasteiger partial charge on any atom is 0.137 e. The molecule has 0 amide bonds. The van der Waals surface area contributed by atoms with Crippen LogP contribution in [0, 0.1) is 11.7 Å². The van der Waals surface area contributed by atoms with Gasteiger partial charge in [-0.25, -0.2) is 4.39 Å². The Balaban J connectivity index is 2.04. The van der Waals surface area contributed by atoms with E-state index in [-0.39, 0.29) is 5.82 Å². The average molecular weight is 314 g/mol. The van der Waals surface area contributed by atoms with Crippen LogP contribution < -0.4 is 5.32 Å². The summed E-state index contributed by atoms with van der Waals surface area (Å²) in [6.07, 6.45) is 6.39. The zero-order valence-corrected chi connectivity index (χ0v) is 12.5. The Hall–Kier alpha value is -0.410. The molecule has 1 saturated carbocycles. The summed E-state index contributed by atoms with van der Waals surface area (Å²) < 4.78 is 13.8. The van der Waals surface area contributed by atoms with Crippen LogP contribution in [0.2, 0.25) is 0 Å². The first-order valence-corrected chi connectivity index (χ1v) is 7.67. The van der Waals surface area contributed by atoms with Crippen molar-refractivity contribution in [2.24, 2.45) is 5.92 Å². The Morgan fingerprint density at radius 2 is 2.11 bits per heavy atom. The molecule has 1 aliphatic carbocycles. The van der Waals surface area contributed by atoms with Crippen LogP contribution in [-0.4, -0.2) is 12.6 Å². The molecule has 0 heterocycles. The summed E-state index contributed by atoms with van der Waals surface area (Å²) in [7, 11) is 0. The molecule has 0 spiro atoms. The summed E-state index contributed by atoms with van der Waals surface area (Å²) in [5, 5.41) is 3.60. The van der Waals surface area contributed by atoms with Crippen LogP contribution in [0.1, 0.15) is 38.2 Å². The molecule has 100 valence electrons. The van der Waals surface area contributed by atoms with Gasteiger partial charge in [-0.2, -0.15) is 0 Å². The Bertz CT molecular complexity index is 388. The van der Waals surface area contributed by atoms with Gasteiger partial charge in [0.05, 0.1) is 4.47 Å². The molecular formula is C15H21BrFN. The van der Waals surface area contributed by atoms with Crippen molar-refractivity contribution in [3.63, 3.8) is 0 Å². The Morgan fingerprint density at radius 3 is 2.72 bits per heavy atom. The number of nitrogens with one attached hydrogen (secondary N) is 1. The lowest BCUT2D eigenvalue weighted by atomic mass is 9.92. The van der Waals surface area contributed by atoms with E-state index < -0.39 is 0 Å². The monoisotopic (exact) mass is 313 g/mol. The smallest absolute Gasteiger partial charge is 0.137 e. The fourth-order valence-electron chi connectivity index (χ4n) is 2.95. The maximum atomic E-state index is 13.2. The third-order valence-corrected chi connectivity index (χ3v) is 4.48. The molecule has 1 fully saturated rings. The van der Waals surface area contributed by atoms with Crippen LogP contribution in [0.25, 0.3) is 0 Å². The van der Waals surface area contributed by atoms with Crippen LogP contribution in [0.5, 0.6) is 0 Å². The van der Waals surface area contributed by atoms with Crippen molar-refractivity contribution >= 4 is 15.9 Å². The maximum absolute atomic E-state index is 13.2. The minimum atomic E-state index is -0.181. The van der Waals surface area contributed by atoms with Crippen LogP contribution >= 0.6 is 15.9 Å². The lowest BCUT2D eigenvalue weighted by molar-refractivity contribution is 0.362. The van der Waals surface area contributed by atoms with Crippen molar-refractivity contribution in [3.05, 3.63) is 34.1 Å². The Morgan fingerprint density at radius 1 is 1.39 bits per heavy atom. The van der Waals surface area contributed by atoms with E-state index in [1.165, 1.54) is 31.2 Å². The second-order valence-corrected chi connectivity index (χ2v) is 6.02. The first-order chi connectivity index (χ1) is 8.70. The minimum Gasteiger partial charge on any atom is -0.314 e.